The minimum Gasteiger partial charge on any atom is -0.508 e. The molecule has 0 saturated heterocycles. The van der Waals surface area contributed by atoms with Gasteiger partial charge in [-0.2, -0.15) is 4.98 Å². The molecule has 0 unspecified atom stereocenters. The smallest absolute Gasteiger partial charge is 0.250 e. The highest BCUT2D eigenvalue weighted by Gasteiger charge is 2.23. The average molecular weight is 443 g/mol. The van der Waals surface area contributed by atoms with Gasteiger partial charge < -0.3 is 19.7 Å². The molecule has 0 bridgehead atoms. The first-order valence-electron chi connectivity index (χ1n) is 9.76. The predicted molar refractivity (Wildman–Crippen MR) is 122 cm³/mol. The average Bonchev–Trinajstić information content (AvgIpc) is 3.37. The van der Waals surface area contributed by atoms with E-state index in [0.29, 0.717) is 27.5 Å². The van der Waals surface area contributed by atoms with Crippen molar-refractivity contribution in [2.24, 2.45) is 0 Å². The monoisotopic (exact) mass is 443 g/mol. The summed E-state index contributed by atoms with van der Waals surface area (Å²) >= 11 is 1.32. The molecule has 2 aromatic heterocycles. The summed E-state index contributed by atoms with van der Waals surface area (Å²) < 4.78 is 6.04. The number of aryl methyl sites for hydroxylation is 1. The molecule has 2 heterocycles. The number of ketones is 1. The van der Waals surface area contributed by atoms with Gasteiger partial charge in [-0.15, -0.1) is 11.3 Å². The van der Waals surface area contributed by atoms with E-state index >= 15 is 0 Å². The van der Waals surface area contributed by atoms with Gasteiger partial charge in [0.05, 0.1) is 4.88 Å². The van der Waals surface area contributed by atoms with Crippen LogP contribution in [0.4, 0.5) is 0 Å². The summed E-state index contributed by atoms with van der Waals surface area (Å²) in [4.78, 5) is 18.0. The molecule has 6 nitrogen and oxygen atoms in total. The van der Waals surface area contributed by atoms with E-state index in [9.17, 15) is 20.1 Å². The third-order valence-electron chi connectivity index (χ3n) is 5.25. The maximum absolute atomic E-state index is 13.5. The lowest BCUT2D eigenvalue weighted by atomic mass is 9.96. The van der Waals surface area contributed by atoms with Crippen LogP contribution in [0.5, 0.6) is 17.4 Å². The Morgan fingerprint density at radius 1 is 0.906 bits per heavy atom. The van der Waals surface area contributed by atoms with Crippen LogP contribution in [0.2, 0.25) is 0 Å². The summed E-state index contributed by atoms with van der Waals surface area (Å²) in [7, 11) is 0. The Labute approximate surface area is 186 Å². The van der Waals surface area contributed by atoms with Gasteiger partial charge in [0.2, 0.25) is 11.7 Å². The van der Waals surface area contributed by atoms with Crippen LogP contribution in [0.3, 0.4) is 0 Å². The van der Waals surface area contributed by atoms with Crippen LogP contribution < -0.4 is 0 Å². The number of aromatic nitrogens is 1. The number of rotatable bonds is 4. The Morgan fingerprint density at radius 3 is 2.28 bits per heavy atom. The number of carbonyl (C=O) groups excluding carboxylic acids is 1. The van der Waals surface area contributed by atoms with Crippen LogP contribution in [0.25, 0.3) is 32.7 Å². The minimum atomic E-state index is -0.190. The SMILES string of the molecule is Cc1cc(O)ccc1C(=O)c1sc2cc(O)ccc2c1-c1ccc(-c2nc(O)co2)cc1. The number of hydrogen-bond donors (Lipinski definition) is 3. The highest BCUT2D eigenvalue weighted by molar-refractivity contribution is 7.21. The minimum absolute atomic E-state index is 0.105. The van der Waals surface area contributed by atoms with Gasteiger partial charge in [0, 0.05) is 26.8 Å². The molecule has 5 rings (SSSR count). The van der Waals surface area contributed by atoms with Crippen molar-refractivity contribution in [2.75, 3.05) is 0 Å². The topological polar surface area (TPSA) is 104 Å². The van der Waals surface area contributed by atoms with E-state index in [0.717, 1.165) is 21.2 Å². The molecule has 0 amide bonds. The second-order valence-electron chi connectivity index (χ2n) is 7.40. The molecule has 32 heavy (non-hydrogen) atoms. The van der Waals surface area contributed by atoms with Gasteiger partial charge in [0.15, 0.2) is 6.26 Å². The number of carbonyl (C=O) groups is 1. The fourth-order valence-corrected chi connectivity index (χ4v) is 4.95. The maximum Gasteiger partial charge on any atom is 0.250 e. The fraction of sp³-hybridized carbons (Fsp3) is 0.0400. The molecular weight excluding hydrogens is 426 g/mol. The standard InChI is InChI=1S/C25H17NO5S/c1-13-10-16(27)6-8-18(13)23(30)24-22(19-9-7-17(28)11-20(19)32-24)14-2-4-15(5-3-14)25-26-21(29)12-31-25/h2-12,27-29H,1H3. The summed E-state index contributed by atoms with van der Waals surface area (Å²) in [6.45, 7) is 1.78. The van der Waals surface area contributed by atoms with Crippen molar-refractivity contribution in [1.29, 1.82) is 0 Å². The van der Waals surface area contributed by atoms with Crippen molar-refractivity contribution in [1.82, 2.24) is 4.98 Å². The summed E-state index contributed by atoms with van der Waals surface area (Å²) in [6.07, 6.45) is 1.17. The van der Waals surface area contributed by atoms with Crippen LogP contribution in [-0.2, 0) is 0 Å². The van der Waals surface area contributed by atoms with Crippen molar-refractivity contribution < 1.29 is 24.5 Å². The van der Waals surface area contributed by atoms with E-state index < -0.39 is 0 Å². The fourth-order valence-electron chi connectivity index (χ4n) is 3.73. The normalized spacial score (nSPS) is 11.2. The Hall–Kier alpha value is -4.10. The molecule has 0 atom stereocenters. The van der Waals surface area contributed by atoms with E-state index in [1.54, 1.807) is 37.3 Å². The Kier molecular flexibility index (Phi) is 4.68. The van der Waals surface area contributed by atoms with Gasteiger partial charge in [-0.3, -0.25) is 4.79 Å². The Morgan fingerprint density at radius 2 is 1.59 bits per heavy atom. The van der Waals surface area contributed by atoms with Crippen LogP contribution in [-0.4, -0.2) is 26.1 Å². The number of oxazole rings is 1. The van der Waals surface area contributed by atoms with Crippen molar-refractivity contribution >= 4 is 27.2 Å². The lowest BCUT2D eigenvalue weighted by molar-refractivity contribution is 0.104. The highest BCUT2D eigenvalue weighted by Crippen LogP contribution is 2.42. The van der Waals surface area contributed by atoms with Crippen LogP contribution in [0.1, 0.15) is 20.8 Å². The molecule has 0 aliphatic heterocycles. The van der Waals surface area contributed by atoms with E-state index in [1.807, 2.05) is 24.3 Å². The summed E-state index contributed by atoms with van der Waals surface area (Å²) in [5.74, 6) is 0.188. The van der Waals surface area contributed by atoms with E-state index in [2.05, 4.69) is 4.98 Å². The number of aromatic hydroxyl groups is 3. The first kappa shape index (κ1) is 19.8. The molecule has 3 N–H and O–H groups in total. The molecular formula is C25H17NO5S. The van der Waals surface area contributed by atoms with Gasteiger partial charge in [-0.1, -0.05) is 12.1 Å². The molecule has 7 heteroatoms. The lowest BCUT2D eigenvalue weighted by Crippen LogP contribution is -2.03. The molecule has 0 radical (unpaired) electrons. The van der Waals surface area contributed by atoms with Crippen molar-refractivity contribution in [2.45, 2.75) is 6.92 Å². The molecule has 0 aliphatic rings. The zero-order valence-electron chi connectivity index (χ0n) is 16.9. The van der Waals surface area contributed by atoms with E-state index in [1.165, 1.54) is 23.7 Å². The van der Waals surface area contributed by atoms with Crippen molar-refractivity contribution in [3.05, 3.63) is 82.9 Å². The second-order valence-corrected chi connectivity index (χ2v) is 8.46. The molecule has 0 spiro atoms. The third kappa shape index (κ3) is 3.38. The van der Waals surface area contributed by atoms with Crippen LogP contribution >= 0.6 is 11.3 Å². The quantitative estimate of drug-likeness (QED) is 0.300. The number of thiophene rings is 1. The van der Waals surface area contributed by atoms with Gasteiger partial charge in [-0.25, -0.2) is 0 Å². The number of benzene rings is 3. The highest BCUT2D eigenvalue weighted by atomic mass is 32.1. The lowest BCUT2D eigenvalue weighted by Gasteiger charge is -2.08. The van der Waals surface area contributed by atoms with Crippen LogP contribution in [0.15, 0.2) is 71.3 Å². The van der Waals surface area contributed by atoms with Gasteiger partial charge in [0.25, 0.3) is 5.88 Å². The van der Waals surface area contributed by atoms with Crippen molar-refractivity contribution in [3.8, 4) is 40.0 Å². The number of nitrogens with zero attached hydrogens (tertiary/aromatic N) is 1. The summed E-state index contributed by atoms with van der Waals surface area (Å²) in [6, 6.07) is 17.1. The van der Waals surface area contributed by atoms with Crippen molar-refractivity contribution in [3.63, 3.8) is 0 Å². The Bertz CT molecular complexity index is 1480. The van der Waals surface area contributed by atoms with E-state index in [4.69, 9.17) is 4.42 Å². The predicted octanol–water partition coefficient (Wildman–Crippen LogP) is 5.88. The molecule has 5 aromatic rings. The third-order valence-corrected chi connectivity index (χ3v) is 6.40. The van der Waals surface area contributed by atoms with Gasteiger partial charge in [-0.05, 0) is 66.6 Å². The zero-order valence-corrected chi connectivity index (χ0v) is 17.7. The molecule has 158 valence electrons. The second kappa shape index (κ2) is 7.55. The van der Waals surface area contributed by atoms with Gasteiger partial charge >= 0.3 is 0 Å². The summed E-state index contributed by atoms with van der Waals surface area (Å²) in [5.41, 5.74) is 3.46. The number of phenolic OH excluding ortho intramolecular Hbond substituents is 2. The maximum atomic E-state index is 13.5. The molecule has 3 aromatic carbocycles. The number of fused-ring (bicyclic) bond motifs is 1. The largest absolute Gasteiger partial charge is 0.508 e. The zero-order chi connectivity index (χ0) is 22.4. The van der Waals surface area contributed by atoms with E-state index in [-0.39, 0.29) is 23.2 Å². The molecule has 0 aliphatic carbocycles. The van der Waals surface area contributed by atoms with Gasteiger partial charge in [0.1, 0.15) is 11.5 Å². The molecule has 0 saturated carbocycles. The molecule has 0 fully saturated rings. The Balaban J connectivity index is 1.67. The first-order chi connectivity index (χ1) is 15.4. The number of phenols is 2. The summed E-state index contributed by atoms with van der Waals surface area (Å²) in [5, 5.41) is 30.0. The number of hydrogen-bond acceptors (Lipinski definition) is 7. The van der Waals surface area contributed by atoms with Crippen LogP contribution in [0, 0.1) is 6.92 Å². The first-order valence-corrected chi connectivity index (χ1v) is 10.6.